The van der Waals surface area contributed by atoms with Gasteiger partial charge in [0, 0.05) is 0 Å². The van der Waals surface area contributed by atoms with Crippen LogP contribution in [0, 0.1) is 6.92 Å². The van der Waals surface area contributed by atoms with Gasteiger partial charge in [-0.1, -0.05) is 48.0 Å². The third-order valence-corrected chi connectivity index (χ3v) is 4.12. The second-order valence-electron chi connectivity index (χ2n) is 4.54. The first kappa shape index (κ1) is 15.1. The normalized spacial score (nSPS) is 12.1. The summed E-state index contributed by atoms with van der Waals surface area (Å²) in [4.78, 5) is 0.0716. The number of hydrazone groups is 1. The lowest BCUT2D eigenvalue weighted by Crippen LogP contribution is -2.17. The Balaban J connectivity index is 2.16. The highest BCUT2D eigenvalue weighted by molar-refractivity contribution is 7.87. The molecule has 0 aliphatic heterocycles. The fourth-order valence-corrected chi connectivity index (χ4v) is 2.67. The third kappa shape index (κ3) is 4.06. The van der Waals surface area contributed by atoms with E-state index in [1.54, 1.807) is 12.1 Å². The summed E-state index contributed by atoms with van der Waals surface area (Å²) in [7, 11) is -3.92. The van der Waals surface area contributed by atoms with Crippen molar-refractivity contribution < 1.29 is 12.6 Å². The third-order valence-electron chi connectivity index (χ3n) is 2.86. The van der Waals surface area contributed by atoms with E-state index < -0.39 is 10.1 Å². The van der Waals surface area contributed by atoms with E-state index in [1.807, 2.05) is 37.3 Å². The standard InChI is InChI=1S/C15H16N2O3S/c1-12-7-9-14(10-8-12)21(18,19)20-15(17-16)11-13-5-3-2-4-6-13/h2-10H,11,16H2,1H3. The minimum Gasteiger partial charge on any atom is -0.361 e. The molecule has 2 N–H and O–H groups in total. The minimum absolute atomic E-state index is 0.0539. The first-order chi connectivity index (χ1) is 10.0. The van der Waals surface area contributed by atoms with E-state index in [0.29, 0.717) is 0 Å². The molecular formula is C15H16N2O3S. The Labute approximate surface area is 124 Å². The van der Waals surface area contributed by atoms with Crippen molar-refractivity contribution in [1.82, 2.24) is 0 Å². The molecule has 110 valence electrons. The van der Waals surface area contributed by atoms with Gasteiger partial charge in [0.15, 0.2) is 0 Å². The SMILES string of the molecule is Cc1ccc(S(=O)(=O)OC(Cc2ccccc2)=NN)cc1. The van der Waals surface area contributed by atoms with Crippen LogP contribution >= 0.6 is 0 Å². The Kier molecular flexibility index (Phi) is 4.59. The average molecular weight is 304 g/mol. The molecule has 6 heteroatoms. The number of hydrogen-bond acceptors (Lipinski definition) is 5. The lowest BCUT2D eigenvalue weighted by Gasteiger charge is -2.09. The zero-order valence-corrected chi connectivity index (χ0v) is 12.4. The molecule has 0 saturated heterocycles. The summed E-state index contributed by atoms with van der Waals surface area (Å²) in [5.41, 5.74) is 1.83. The molecule has 0 atom stereocenters. The smallest absolute Gasteiger partial charge is 0.340 e. The number of benzene rings is 2. The Morgan fingerprint density at radius 1 is 1.10 bits per heavy atom. The van der Waals surface area contributed by atoms with Gasteiger partial charge in [-0.25, -0.2) is 0 Å². The summed E-state index contributed by atoms with van der Waals surface area (Å²) in [5, 5.41) is 3.43. The molecule has 21 heavy (non-hydrogen) atoms. The molecule has 0 aliphatic rings. The number of rotatable bonds is 4. The molecule has 0 saturated carbocycles. The Hall–Kier alpha value is -2.34. The fourth-order valence-electron chi connectivity index (χ4n) is 1.75. The molecule has 0 radical (unpaired) electrons. The highest BCUT2D eigenvalue weighted by atomic mass is 32.2. The van der Waals surface area contributed by atoms with E-state index in [1.165, 1.54) is 12.1 Å². The zero-order chi connectivity index (χ0) is 15.3. The van der Waals surface area contributed by atoms with Crippen LogP contribution in [-0.4, -0.2) is 14.3 Å². The molecule has 0 unspecified atom stereocenters. The van der Waals surface area contributed by atoms with Crippen molar-refractivity contribution in [1.29, 1.82) is 0 Å². The van der Waals surface area contributed by atoms with Crippen molar-refractivity contribution in [3.05, 3.63) is 65.7 Å². The van der Waals surface area contributed by atoms with Crippen LogP contribution in [0.5, 0.6) is 0 Å². The van der Waals surface area contributed by atoms with Crippen molar-refractivity contribution in [2.24, 2.45) is 10.9 Å². The molecule has 0 aliphatic carbocycles. The molecule has 0 aromatic heterocycles. The maximum atomic E-state index is 12.1. The summed E-state index contributed by atoms with van der Waals surface area (Å²) in [5.74, 6) is 5.17. The maximum Gasteiger partial charge on any atom is 0.340 e. The number of hydrogen-bond donors (Lipinski definition) is 1. The van der Waals surface area contributed by atoms with Gasteiger partial charge in [-0.15, -0.1) is 5.10 Å². The van der Waals surface area contributed by atoms with E-state index >= 15 is 0 Å². The molecule has 0 fully saturated rings. The van der Waals surface area contributed by atoms with E-state index in [4.69, 9.17) is 10.0 Å². The summed E-state index contributed by atoms with van der Waals surface area (Å²) in [6.45, 7) is 1.87. The number of nitrogens with zero attached hydrogens (tertiary/aromatic N) is 1. The van der Waals surface area contributed by atoms with Gasteiger partial charge < -0.3 is 10.0 Å². The van der Waals surface area contributed by atoms with Gasteiger partial charge in [0.25, 0.3) is 0 Å². The average Bonchev–Trinajstić information content (AvgIpc) is 2.48. The van der Waals surface area contributed by atoms with Crippen LogP contribution in [0.25, 0.3) is 0 Å². The van der Waals surface area contributed by atoms with Crippen molar-refractivity contribution in [2.75, 3.05) is 0 Å². The molecule has 0 amide bonds. The predicted molar refractivity (Wildman–Crippen MR) is 81.2 cm³/mol. The van der Waals surface area contributed by atoms with Crippen LogP contribution in [0.3, 0.4) is 0 Å². The molecular weight excluding hydrogens is 288 g/mol. The lowest BCUT2D eigenvalue weighted by molar-refractivity contribution is 0.475. The van der Waals surface area contributed by atoms with E-state index in [9.17, 15) is 8.42 Å². The van der Waals surface area contributed by atoms with Gasteiger partial charge in [-0.2, -0.15) is 8.42 Å². The summed E-state index contributed by atoms with van der Waals surface area (Å²) in [6.07, 6.45) is 0.211. The second kappa shape index (κ2) is 6.41. The minimum atomic E-state index is -3.92. The highest BCUT2D eigenvalue weighted by Crippen LogP contribution is 2.14. The second-order valence-corrected chi connectivity index (χ2v) is 6.08. The van der Waals surface area contributed by atoms with Crippen molar-refractivity contribution in [3.8, 4) is 0 Å². The van der Waals surface area contributed by atoms with Crippen LogP contribution < -0.4 is 5.84 Å². The van der Waals surface area contributed by atoms with Gasteiger partial charge in [-0.05, 0) is 24.6 Å². The Bertz CT molecular complexity index is 723. The largest absolute Gasteiger partial charge is 0.361 e. The van der Waals surface area contributed by atoms with Gasteiger partial charge in [0.1, 0.15) is 4.90 Å². The van der Waals surface area contributed by atoms with Crippen LogP contribution in [0.4, 0.5) is 0 Å². The van der Waals surface area contributed by atoms with E-state index in [2.05, 4.69) is 5.10 Å². The number of aryl methyl sites for hydroxylation is 1. The van der Waals surface area contributed by atoms with Gasteiger partial charge in [0.05, 0.1) is 6.42 Å². The fraction of sp³-hybridized carbons (Fsp3) is 0.133. The molecule has 0 bridgehead atoms. The molecule has 2 rings (SSSR count). The predicted octanol–water partition coefficient (Wildman–Crippen LogP) is 2.22. The summed E-state index contributed by atoms with van der Waals surface area (Å²) >= 11 is 0. The van der Waals surface area contributed by atoms with Crippen molar-refractivity contribution in [2.45, 2.75) is 18.2 Å². The van der Waals surface area contributed by atoms with E-state index in [0.717, 1.165) is 11.1 Å². The van der Waals surface area contributed by atoms with E-state index in [-0.39, 0.29) is 17.2 Å². The molecule has 0 spiro atoms. The summed E-state index contributed by atoms with van der Waals surface area (Å²) in [6, 6.07) is 15.6. The first-order valence-electron chi connectivity index (χ1n) is 6.33. The van der Waals surface area contributed by atoms with Crippen molar-refractivity contribution in [3.63, 3.8) is 0 Å². The Morgan fingerprint density at radius 2 is 1.71 bits per heavy atom. The zero-order valence-electron chi connectivity index (χ0n) is 11.6. The molecule has 2 aromatic rings. The monoisotopic (exact) mass is 304 g/mol. The van der Waals surface area contributed by atoms with Crippen LogP contribution in [0.15, 0.2) is 64.6 Å². The lowest BCUT2D eigenvalue weighted by atomic mass is 10.1. The maximum absolute atomic E-state index is 12.1. The summed E-state index contributed by atoms with van der Waals surface area (Å²) < 4.78 is 29.3. The first-order valence-corrected chi connectivity index (χ1v) is 7.74. The van der Waals surface area contributed by atoms with Gasteiger partial charge in [0.2, 0.25) is 5.90 Å². The van der Waals surface area contributed by atoms with Crippen molar-refractivity contribution >= 4 is 16.0 Å². The Morgan fingerprint density at radius 3 is 2.29 bits per heavy atom. The van der Waals surface area contributed by atoms with Gasteiger partial charge >= 0.3 is 10.1 Å². The van der Waals surface area contributed by atoms with Gasteiger partial charge in [-0.3, -0.25) is 0 Å². The topological polar surface area (TPSA) is 81.8 Å². The quantitative estimate of drug-likeness (QED) is 0.309. The van der Waals surface area contributed by atoms with Crippen LogP contribution in [-0.2, 0) is 20.7 Å². The highest BCUT2D eigenvalue weighted by Gasteiger charge is 2.19. The van der Waals surface area contributed by atoms with Crippen LogP contribution in [0.1, 0.15) is 11.1 Å². The molecule has 5 nitrogen and oxygen atoms in total. The molecule has 0 heterocycles. The van der Waals surface area contributed by atoms with Crippen LogP contribution in [0.2, 0.25) is 0 Å². The number of nitrogens with two attached hydrogens (primary N) is 1. The molecule has 2 aromatic carbocycles.